The molecular weight excluding hydrogens is 438 g/mol. The molecule has 7 heteroatoms. The van der Waals surface area contributed by atoms with E-state index in [-0.39, 0.29) is 6.79 Å². The summed E-state index contributed by atoms with van der Waals surface area (Å²) >= 11 is 0. The molecule has 7 rings (SSSR count). The van der Waals surface area contributed by atoms with Crippen LogP contribution in [0.5, 0.6) is 11.5 Å². The third kappa shape index (κ3) is 2.94. The molecule has 3 aromatic carbocycles. The van der Waals surface area contributed by atoms with Crippen LogP contribution in [0.15, 0.2) is 78.9 Å². The number of benzene rings is 3. The summed E-state index contributed by atoms with van der Waals surface area (Å²) in [7, 11) is 0. The minimum Gasteiger partial charge on any atom is -0.454 e. The van der Waals surface area contributed by atoms with Gasteiger partial charge in [0, 0.05) is 5.56 Å². The molecule has 0 spiro atoms. The lowest BCUT2D eigenvalue weighted by Crippen LogP contribution is -2.01. The monoisotopic (exact) mass is 459 g/mol. The number of ether oxygens (including phenoxy) is 2. The quantitative estimate of drug-likeness (QED) is 0.336. The zero-order valence-electron chi connectivity index (χ0n) is 19.3. The zero-order valence-corrected chi connectivity index (χ0v) is 19.3. The van der Waals surface area contributed by atoms with Crippen LogP contribution in [0.2, 0.25) is 0 Å². The van der Waals surface area contributed by atoms with E-state index in [1.165, 1.54) is 0 Å². The van der Waals surface area contributed by atoms with E-state index in [9.17, 15) is 0 Å². The van der Waals surface area contributed by atoms with Crippen molar-refractivity contribution in [2.45, 2.75) is 13.8 Å². The molecule has 0 saturated heterocycles. The molecule has 1 aliphatic rings. The molecule has 1 aliphatic heterocycles. The fourth-order valence-electron chi connectivity index (χ4n) is 4.89. The van der Waals surface area contributed by atoms with Gasteiger partial charge in [0.1, 0.15) is 0 Å². The van der Waals surface area contributed by atoms with Crippen LogP contribution in [0.3, 0.4) is 0 Å². The van der Waals surface area contributed by atoms with Gasteiger partial charge in [-0.3, -0.25) is 0 Å². The Morgan fingerprint density at radius 1 is 0.657 bits per heavy atom. The summed E-state index contributed by atoms with van der Waals surface area (Å²) in [5.41, 5.74) is 7.33. The van der Waals surface area contributed by atoms with Crippen molar-refractivity contribution in [2.24, 2.45) is 0 Å². The number of pyridine rings is 1. The van der Waals surface area contributed by atoms with Crippen LogP contribution < -0.4 is 9.47 Å². The molecule has 7 nitrogen and oxygen atoms in total. The second-order valence-corrected chi connectivity index (χ2v) is 8.62. The Balaban J connectivity index is 1.63. The molecule has 0 atom stereocenters. The smallest absolute Gasteiger partial charge is 0.231 e. The second-order valence-electron chi connectivity index (χ2n) is 8.62. The van der Waals surface area contributed by atoms with Crippen LogP contribution in [0.1, 0.15) is 11.4 Å². The van der Waals surface area contributed by atoms with Crippen LogP contribution in [-0.2, 0) is 0 Å². The molecule has 0 saturated carbocycles. The van der Waals surface area contributed by atoms with Crippen LogP contribution in [0, 0.1) is 13.8 Å². The number of hydrogen-bond donors (Lipinski definition) is 0. The van der Waals surface area contributed by atoms with E-state index >= 15 is 0 Å². The summed E-state index contributed by atoms with van der Waals surface area (Å²) in [6.45, 7) is 4.29. The third-order valence-corrected chi connectivity index (χ3v) is 6.45. The Kier molecular flexibility index (Phi) is 4.20. The fourth-order valence-corrected chi connectivity index (χ4v) is 4.89. The lowest BCUT2D eigenvalue weighted by molar-refractivity contribution is 0.174. The zero-order chi connectivity index (χ0) is 23.5. The first-order chi connectivity index (χ1) is 17.2. The van der Waals surface area contributed by atoms with Gasteiger partial charge in [0.25, 0.3) is 0 Å². The SMILES string of the molecule is Cc1nn(-c2ccccc2)c2nc3c(c(C)nn3-c3ccccc3)c(-c3ccc4c(c3)OCO4)c12. The lowest BCUT2D eigenvalue weighted by Gasteiger charge is -2.10. The van der Waals surface area contributed by atoms with E-state index in [4.69, 9.17) is 24.7 Å². The summed E-state index contributed by atoms with van der Waals surface area (Å²) in [5, 5.41) is 11.8. The van der Waals surface area contributed by atoms with Gasteiger partial charge in [-0.1, -0.05) is 42.5 Å². The number of nitrogens with zero attached hydrogens (tertiary/aromatic N) is 5. The van der Waals surface area contributed by atoms with Gasteiger partial charge >= 0.3 is 0 Å². The van der Waals surface area contributed by atoms with Gasteiger partial charge in [-0.15, -0.1) is 0 Å². The van der Waals surface area contributed by atoms with Gasteiger partial charge in [0.05, 0.1) is 33.5 Å². The highest BCUT2D eigenvalue weighted by atomic mass is 16.7. The summed E-state index contributed by atoms with van der Waals surface area (Å²) in [6, 6.07) is 26.3. The highest BCUT2D eigenvalue weighted by molar-refractivity contribution is 6.10. The van der Waals surface area contributed by atoms with Crippen molar-refractivity contribution in [1.29, 1.82) is 0 Å². The summed E-state index contributed by atoms with van der Waals surface area (Å²) in [4.78, 5) is 5.18. The molecule has 35 heavy (non-hydrogen) atoms. The van der Waals surface area contributed by atoms with Crippen LogP contribution >= 0.6 is 0 Å². The average Bonchev–Trinajstić information content (AvgIpc) is 3.59. The molecule has 170 valence electrons. The summed E-state index contributed by atoms with van der Waals surface area (Å²) in [6.07, 6.45) is 0. The molecule has 3 aromatic heterocycles. The Hall–Kier alpha value is -4.65. The Morgan fingerprint density at radius 2 is 1.20 bits per heavy atom. The topological polar surface area (TPSA) is 67.0 Å². The van der Waals surface area contributed by atoms with Crippen molar-refractivity contribution in [2.75, 3.05) is 6.79 Å². The van der Waals surface area contributed by atoms with E-state index in [1.54, 1.807) is 0 Å². The Morgan fingerprint density at radius 3 is 1.77 bits per heavy atom. The van der Waals surface area contributed by atoms with Crippen molar-refractivity contribution >= 4 is 22.1 Å². The number of rotatable bonds is 3. The molecule has 0 N–H and O–H groups in total. The van der Waals surface area contributed by atoms with Gasteiger partial charge < -0.3 is 9.47 Å². The van der Waals surface area contributed by atoms with Crippen molar-refractivity contribution in [3.63, 3.8) is 0 Å². The number of aromatic nitrogens is 5. The van der Waals surface area contributed by atoms with E-state index in [0.29, 0.717) is 0 Å². The molecule has 6 aromatic rings. The maximum atomic E-state index is 5.71. The first-order valence-corrected chi connectivity index (χ1v) is 11.5. The number of fused-ring (bicyclic) bond motifs is 3. The van der Waals surface area contributed by atoms with Gasteiger partial charge in [-0.2, -0.15) is 10.2 Å². The molecule has 0 unspecified atom stereocenters. The fraction of sp³-hybridized carbons (Fsp3) is 0.107. The number of para-hydroxylation sites is 2. The van der Waals surface area contributed by atoms with Crippen molar-refractivity contribution in [1.82, 2.24) is 24.5 Å². The Labute approximate surface area is 201 Å². The molecule has 0 amide bonds. The lowest BCUT2D eigenvalue weighted by atomic mass is 9.97. The third-order valence-electron chi connectivity index (χ3n) is 6.45. The average molecular weight is 460 g/mol. The largest absolute Gasteiger partial charge is 0.454 e. The van der Waals surface area contributed by atoms with E-state index < -0.39 is 0 Å². The van der Waals surface area contributed by atoms with Crippen molar-refractivity contribution in [3.8, 4) is 34.0 Å². The predicted molar refractivity (Wildman–Crippen MR) is 135 cm³/mol. The summed E-state index contributed by atoms with van der Waals surface area (Å²) < 4.78 is 15.1. The molecule has 0 bridgehead atoms. The van der Waals surface area contributed by atoms with E-state index in [2.05, 4.69) is 6.07 Å². The van der Waals surface area contributed by atoms with Crippen molar-refractivity contribution in [3.05, 3.63) is 90.3 Å². The first kappa shape index (κ1) is 19.8. The molecule has 0 aliphatic carbocycles. The van der Waals surface area contributed by atoms with Crippen LogP contribution in [-0.4, -0.2) is 31.3 Å². The van der Waals surface area contributed by atoms with Gasteiger partial charge in [0.2, 0.25) is 6.79 Å². The van der Waals surface area contributed by atoms with E-state index in [1.807, 2.05) is 96.0 Å². The highest BCUT2D eigenvalue weighted by Crippen LogP contribution is 2.43. The normalized spacial score (nSPS) is 12.6. The molecule has 0 radical (unpaired) electrons. The molecule has 0 fully saturated rings. The van der Waals surface area contributed by atoms with Crippen molar-refractivity contribution < 1.29 is 9.47 Å². The van der Waals surface area contributed by atoms with Crippen LogP contribution in [0.25, 0.3) is 44.6 Å². The maximum Gasteiger partial charge on any atom is 0.231 e. The van der Waals surface area contributed by atoms with E-state index in [0.717, 1.165) is 67.5 Å². The van der Waals surface area contributed by atoms with Gasteiger partial charge in [0.15, 0.2) is 22.8 Å². The predicted octanol–water partition coefficient (Wildman–Crippen LogP) is 5.77. The number of hydrogen-bond acceptors (Lipinski definition) is 5. The Bertz CT molecular complexity index is 1640. The van der Waals surface area contributed by atoms with Gasteiger partial charge in [-0.25, -0.2) is 14.3 Å². The molecular formula is C28H21N5O2. The highest BCUT2D eigenvalue weighted by Gasteiger charge is 2.25. The maximum absolute atomic E-state index is 5.71. The first-order valence-electron chi connectivity index (χ1n) is 11.5. The molecule has 4 heterocycles. The number of aryl methyl sites for hydroxylation is 2. The van der Waals surface area contributed by atoms with Crippen LogP contribution in [0.4, 0.5) is 0 Å². The summed E-state index contributed by atoms with van der Waals surface area (Å²) in [5.74, 6) is 1.49. The minimum absolute atomic E-state index is 0.232. The van der Waals surface area contributed by atoms with Gasteiger partial charge in [-0.05, 0) is 55.8 Å². The second kappa shape index (κ2) is 7.43. The standard InChI is InChI=1S/C28H21N5O2/c1-17-24-26(19-13-14-22-23(15-19)35-16-34-22)25-18(2)31-33(21-11-7-4-8-12-21)28(25)29-27(24)32(30-17)20-9-5-3-6-10-20/h3-15H,16H2,1-2H3. The minimum atomic E-state index is 0.232.